The zero-order valence-corrected chi connectivity index (χ0v) is 10.6. The summed E-state index contributed by atoms with van der Waals surface area (Å²) >= 11 is 7.02. The van der Waals surface area contributed by atoms with E-state index in [9.17, 15) is 4.79 Å². The number of hydrogen-bond donors (Lipinski definition) is 2. The van der Waals surface area contributed by atoms with E-state index < -0.39 is 0 Å². The zero-order chi connectivity index (χ0) is 12.4. The highest BCUT2D eigenvalue weighted by Gasteiger charge is 2.11. The number of aromatic nitrogens is 3. The zero-order valence-electron chi connectivity index (χ0n) is 9.03. The van der Waals surface area contributed by atoms with Gasteiger partial charge in [-0.15, -0.1) is 0 Å². The number of aliphatic hydroxyl groups is 1. The van der Waals surface area contributed by atoms with E-state index in [4.69, 9.17) is 16.7 Å². The van der Waals surface area contributed by atoms with Crippen molar-refractivity contribution in [2.75, 3.05) is 6.61 Å². The van der Waals surface area contributed by atoms with E-state index in [2.05, 4.69) is 15.0 Å². The van der Waals surface area contributed by atoms with Gasteiger partial charge >= 0.3 is 0 Å². The van der Waals surface area contributed by atoms with Crippen molar-refractivity contribution < 1.29 is 5.11 Å². The molecule has 2 aromatic rings. The number of aromatic amines is 1. The van der Waals surface area contributed by atoms with Crippen LogP contribution in [0.3, 0.4) is 0 Å². The summed E-state index contributed by atoms with van der Waals surface area (Å²) in [7, 11) is 0. The van der Waals surface area contributed by atoms with Gasteiger partial charge in [0.1, 0.15) is 4.34 Å². The molecule has 2 rings (SSSR count). The first kappa shape index (κ1) is 12.2. The van der Waals surface area contributed by atoms with Crippen LogP contribution in [-0.4, -0.2) is 26.7 Å². The topological polar surface area (TPSA) is 78.9 Å². The Bertz CT molecular complexity index is 593. The Labute approximate surface area is 106 Å². The summed E-state index contributed by atoms with van der Waals surface area (Å²) in [4.78, 5) is 22.7. The molecule has 2 heterocycles. The van der Waals surface area contributed by atoms with Crippen molar-refractivity contribution in [2.24, 2.45) is 0 Å². The minimum atomic E-state index is -0.243. The van der Waals surface area contributed by atoms with Crippen molar-refractivity contribution in [3.63, 3.8) is 0 Å². The van der Waals surface area contributed by atoms with Crippen LogP contribution in [0.5, 0.6) is 0 Å². The predicted molar refractivity (Wildman–Crippen MR) is 66.5 cm³/mol. The Morgan fingerprint density at radius 2 is 2.35 bits per heavy atom. The third kappa shape index (κ3) is 2.54. The van der Waals surface area contributed by atoms with E-state index in [1.54, 1.807) is 6.92 Å². The fourth-order valence-electron chi connectivity index (χ4n) is 1.48. The minimum Gasteiger partial charge on any atom is -0.396 e. The second-order valence-corrected chi connectivity index (χ2v) is 5.08. The normalized spacial score (nSPS) is 10.8. The number of nitrogens with one attached hydrogen (secondary N) is 1. The Morgan fingerprint density at radius 1 is 1.59 bits per heavy atom. The van der Waals surface area contributed by atoms with E-state index in [0.29, 0.717) is 32.8 Å². The van der Waals surface area contributed by atoms with Crippen LogP contribution in [0.25, 0.3) is 10.8 Å². The van der Waals surface area contributed by atoms with Crippen molar-refractivity contribution >= 4 is 22.9 Å². The van der Waals surface area contributed by atoms with Crippen LogP contribution >= 0.6 is 22.9 Å². The fourth-order valence-corrected chi connectivity index (χ4v) is 2.34. The summed E-state index contributed by atoms with van der Waals surface area (Å²) in [6.07, 6.45) is 1.81. The molecule has 0 radical (unpaired) electrons. The van der Waals surface area contributed by atoms with Crippen molar-refractivity contribution in [3.05, 3.63) is 32.1 Å². The molecule has 0 saturated carbocycles. The molecule has 0 saturated heterocycles. The maximum Gasteiger partial charge on any atom is 0.254 e. The second-order valence-electron chi connectivity index (χ2n) is 3.42. The van der Waals surface area contributed by atoms with Gasteiger partial charge in [-0.3, -0.25) is 4.79 Å². The molecule has 0 fully saturated rings. The molecule has 0 bridgehead atoms. The Hall–Kier alpha value is -1.24. The highest BCUT2D eigenvalue weighted by molar-refractivity contribution is 7.18. The van der Waals surface area contributed by atoms with E-state index in [0.717, 1.165) is 0 Å². The Balaban J connectivity index is 2.49. The fraction of sp³-hybridized carbons (Fsp3) is 0.300. The van der Waals surface area contributed by atoms with E-state index in [1.807, 2.05) is 0 Å². The molecular weight excluding hydrogens is 262 g/mol. The smallest absolute Gasteiger partial charge is 0.254 e. The molecule has 0 atom stereocenters. The molecular formula is C10H10ClN3O2S. The van der Waals surface area contributed by atoms with Gasteiger partial charge in [-0.1, -0.05) is 22.9 Å². The predicted octanol–water partition coefficient (Wildman–Crippen LogP) is 1.39. The van der Waals surface area contributed by atoms with Gasteiger partial charge in [0.25, 0.3) is 5.56 Å². The number of rotatable bonds is 3. The van der Waals surface area contributed by atoms with Gasteiger partial charge in [-0.05, 0) is 6.92 Å². The molecule has 0 spiro atoms. The van der Waals surface area contributed by atoms with E-state index in [-0.39, 0.29) is 12.2 Å². The van der Waals surface area contributed by atoms with Gasteiger partial charge in [0.2, 0.25) is 0 Å². The lowest BCUT2D eigenvalue weighted by molar-refractivity contribution is 0.298. The molecule has 0 amide bonds. The summed E-state index contributed by atoms with van der Waals surface area (Å²) in [5.41, 5.74) is 0.857. The first-order valence-corrected chi connectivity index (χ1v) is 6.13. The van der Waals surface area contributed by atoms with Crippen LogP contribution in [0.4, 0.5) is 0 Å². The van der Waals surface area contributed by atoms with Gasteiger partial charge in [0.15, 0.2) is 10.8 Å². The highest BCUT2D eigenvalue weighted by atomic mass is 35.5. The second kappa shape index (κ2) is 4.95. The minimum absolute atomic E-state index is 0.0754. The first-order valence-electron chi connectivity index (χ1n) is 4.94. The van der Waals surface area contributed by atoms with E-state index in [1.165, 1.54) is 17.5 Å². The maximum atomic E-state index is 11.8. The van der Waals surface area contributed by atoms with Gasteiger partial charge in [0, 0.05) is 24.3 Å². The standard InChI is InChI=1S/C10H10ClN3O2S/c1-5-6(2-3-15)9(16)14-8(13-5)10-12-4-7(11)17-10/h4,15H,2-3H2,1H3,(H,13,14,16). The van der Waals surface area contributed by atoms with Crippen LogP contribution in [-0.2, 0) is 6.42 Å². The van der Waals surface area contributed by atoms with Crippen LogP contribution in [0.2, 0.25) is 4.34 Å². The van der Waals surface area contributed by atoms with Gasteiger partial charge < -0.3 is 10.1 Å². The van der Waals surface area contributed by atoms with Crippen LogP contribution in [0.15, 0.2) is 11.0 Å². The first-order chi connectivity index (χ1) is 8.11. The highest BCUT2D eigenvalue weighted by Crippen LogP contribution is 2.25. The van der Waals surface area contributed by atoms with Crippen LogP contribution in [0.1, 0.15) is 11.3 Å². The van der Waals surface area contributed by atoms with Crippen LogP contribution < -0.4 is 5.56 Å². The molecule has 5 nitrogen and oxygen atoms in total. The molecule has 90 valence electrons. The van der Waals surface area contributed by atoms with Crippen molar-refractivity contribution in [2.45, 2.75) is 13.3 Å². The molecule has 0 aliphatic rings. The number of hydrogen-bond acceptors (Lipinski definition) is 5. The molecule has 2 aromatic heterocycles. The number of aryl methyl sites for hydroxylation is 1. The summed E-state index contributed by atoms with van der Waals surface area (Å²) in [6.45, 7) is 1.66. The summed E-state index contributed by atoms with van der Waals surface area (Å²) in [5, 5.41) is 9.42. The number of halogens is 1. The van der Waals surface area contributed by atoms with Crippen molar-refractivity contribution in [1.82, 2.24) is 15.0 Å². The third-order valence-corrected chi connectivity index (χ3v) is 3.39. The molecule has 7 heteroatoms. The SMILES string of the molecule is Cc1nc(-c2ncc(Cl)s2)[nH]c(=O)c1CCO. The Morgan fingerprint density at radius 3 is 2.88 bits per heavy atom. The number of thiazole rings is 1. The van der Waals surface area contributed by atoms with Gasteiger partial charge in [-0.2, -0.15) is 0 Å². The summed E-state index contributed by atoms with van der Waals surface area (Å²) in [6, 6.07) is 0. The van der Waals surface area contributed by atoms with Crippen molar-refractivity contribution in [1.29, 1.82) is 0 Å². The lowest BCUT2D eigenvalue weighted by Gasteiger charge is -2.03. The Kier molecular flexibility index (Phi) is 3.56. The van der Waals surface area contributed by atoms with Gasteiger partial charge in [0.05, 0.1) is 6.20 Å². The number of aliphatic hydroxyl groups excluding tert-OH is 1. The number of nitrogens with zero attached hydrogens (tertiary/aromatic N) is 2. The summed E-state index contributed by atoms with van der Waals surface area (Å²) < 4.78 is 0.541. The summed E-state index contributed by atoms with van der Waals surface area (Å²) in [5.74, 6) is 0.408. The molecule has 0 aliphatic carbocycles. The molecule has 17 heavy (non-hydrogen) atoms. The third-order valence-electron chi connectivity index (χ3n) is 2.26. The van der Waals surface area contributed by atoms with E-state index >= 15 is 0 Å². The average Bonchev–Trinajstić information content (AvgIpc) is 2.70. The average molecular weight is 272 g/mol. The largest absolute Gasteiger partial charge is 0.396 e. The maximum absolute atomic E-state index is 11.8. The molecule has 0 aliphatic heterocycles. The molecule has 2 N–H and O–H groups in total. The lowest BCUT2D eigenvalue weighted by Crippen LogP contribution is -2.18. The quantitative estimate of drug-likeness (QED) is 0.884. The number of H-pyrrole nitrogens is 1. The van der Waals surface area contributed by atoms with Crippen LogP contribution in [0, 0.1) is 6.92 Å². The van der Waals surface area contributed by atoms with Crippen molar-refractivity contribution in [3.8, 4) is 10.8 Å². The molecule has 0 aromatic carbocycles. The lowest BCUT2D eigenvalue weighted by atomic mass is 10.2. The van der Waals surface area contributed by atoms with Gasteiger partial charge in [-0.25, -0.2) is 9.97 Å². The molecule has 0 unspecified atom stereocenters. The monoisotopic (exact) mass is 271 g/mol.